The molecule has 4 rings (SSSR count). The van der Waals surface area contributed by atoms with Gasteiger partial charge >= 0.3 is 0 Å². The van der Waals surface area contributed by atoms with Gasteiger partial charge < -0.3 is 18.6 Å². The fourth-order valence-electron chi connectivity index (χ4n) is 3.51. The second-order valence-electron chi connectivity index (χ2n) is 6.37. The Morgan fingerprint density at radius 3 is 2.91 bits per heavy atom. The predicted octanol–water partition coefficient (Wildman–Crippen LogP) is 1.75. The van der Waals surface area contributed by atoms with Crippen LogP contribution in [0, 0.1) is 19.8 Å². The van der Waals surface area contributed by atoms with Gasteiger partial charge in [-0.3, -0.25) is 4.79 Å². The largest absolute Gasteiger partial charge is 0.459 e. The first kappa shape index (κ1) is 14.4. The quantitative estimate of drug-likeness (QED) is 0.858. The van der Waals surface area contributed by atoms with Gasteiger partial charge in [-0.2, -0.15) is 4.98 Å². The third kappa shape index (κ3) is 2.65. The van der Waals surface area contributed by atoms with Crippen molar-refractivity contribution in [3.05, 3.63) is 35.4 Å². The Balaban J connectivity index is 1.36. The zero-order valence-corrected chi connectivity index (χ0v) is 13.2. The average Bonchev–Trinajstić information content (AvgIpc) is 3.23. The smallest absolute Gasteiger partial charge is 0.289 e. The normalized spacial score (nSPS) is 26.7. The number of fused-ring (bicyclic) bond motifs is 1. The molecule has 0 spiro atoms. The summed E-state index contributed by atoms with van der Waals surface area (Å²) in [5.74, 6) is 2.01. The van der Waals surface area contributed by atoms with E-state index in [2.05, 4.69) is 10.1 Å². The number of hydrogen-bond donors (Lipinski definition) is 0. The molecule has 3 atom stereocenters. The van der Waals surface area contributed by atoms with Crippen molar-refractivity contribution in [2.45, 2.75) is 38.9 Å². The van der Waals surface area contributed by atoms with Crippen molar-refractivity contribution in [1.82, 2.24) is 15.0 Å². The van der Waals surface area contributed by atoms with Crippen LogP contribution in [-0.4, -0.2) is 46.2 Å². The molecule has 0 unspecified atom stereocenters. The van der Waals surface area contributed by atoms with Crippen LogP contribution < -0.4 is 0 Å². The van der Waals surface area contributed by atoms with E-state index in [0.29, 0.717) is 42.9 Å². The van der Waals surface area contributed by atoms with Gasteiger partial charge in [0.2, 0.25) is 5.89 Å². The zero-order valence-electron chi connectivity index (χ0n) is 13.2. The number of rotatable bonds is 3. The molecular formula is C16H19N3O4. The van der Waals surface area contributed by atoms with Gasteiger partial charge in [0, 0.05) is 24.6 Å². The summed E-state index contributed by atoms with van der Waals surface area (Å²) in [6.07, 6.45) is 3.28. The Morgan fingerprint density at radius 2 is 2.26 bits per heavy atom. The average molecular weight is 317 g/mol. The summed E-state index contributed by atoms with van der Waals surface area (Å²) < 4.78 is 16.5. The number of carbonyl (C=O) groups is 1. The molecule has 2 fully saturated rings. The first-order chi connectivity index (χ1) is 11.1. The van der Waals surface area contributed by atoms with Crippen LogP contribution in [0.15, 0.2) is 21.3 Å². The number of furan rings is 1. The van der Waals surface area contributed by atoms with Crippen LogP contribution in [0.5, 0.6) is 0 Å². The summed E-state index contributed by atoms with van der Waals surface area (Å²) in [7, 11) is 0. The van der Waals surface area contributed by atoms with E-state index in [4.69, 9.17) is 13.7 Å². The number of ether oxygens (including phenoxy) is 1. The predicted molar refractivity (Wildman–Crippen MR) is 78.9 cm³/mol. The van der Waals surface area contributed by atoms with Crippen molar-refractivity contribution in [1.29, 1.82) is 0 Å². The Hall–Kier alpha value is -2.15. The maximum atomic E-state index is 12.5. The molecule has 122 valence electrons. The number of aromatic nitrogens is 2. The van der Waals surface area contributed by atoms with Crippen LogP contribution in [0.1, 0.15) is 34.3 Å². The highest BCUT2D eigenvalue weighted by Crippen LogP contribution is 2.35. The number of hydrogen-bond acceptors (Lipinski definition) is 6. The van der Waals surface area contributed by atoms with Crippen LogP contribution in [0.25, 0.3) is 0 Å². The van der Waals surface area contributed by atoms with Crippen molar-refractivity contribution in [2.24, 2.45) is 5.92 Å². The summed E-state index contributed by atoms with van der Waals surface area (Å²) in [5.41, 5.74) is 0.873. The second kappa shape index (κ2) is 5.49. The van der Waals surface area contributed by atoms with Gasteiger partial charge in [0.05, 0.1) is 24.9 Å². The van der Waals surface area contributed by atoms with Gasteiger partial charge in [-0.25, -0.2) is 0 Å². The van der Waals surface area contributed by atoms with Gasteiger partial charge in [-0.1, -0.05) is 5.16 Å². The standard InChI is InChI=1S/C16H19N3O4/c1-9-3-4-21-15(9)16(20)19-7-11-5-12(22-13(11)8-19)6-14-17-10(2)18-23-14/h3-4,11-13H,5-8H2,1-2H3/t11-,12-,13-/m1/s1. The summed E-state index contributed by atoms with van der Waals surface area (Å²) >= 11 is 0. The van der Waals surface area contributed by atoms with Gasteiger partial charge in [-0.15, -0.1) is 0 Å². The minimum absolute atomic E-state index is 0.0467. The maximum Gasteiger partial charge on any atom is 0.289 e. The highest BCUT2D eigenvalue weighted by atomic mass is 16.5. The minimum atomic E-state index is -0.0467. The number of carbonyl (C=O) groups excluding carboxylic acids is 1. The number of likely N-dealkylation sites (tertiary alicyclic amines) is 1. The molecule has 4 heterocycles. The molecule has 2 aliphatic heterocycles. The van der Waals surface area contributed by atoms with Gasteiger partial charge in [0.1, 0.15) is 0 Å². The van der Waals surface area contributed by atoms with E-state index in [0.717, 1.165) is 12.0 Å². The summed E-state index contributed by atoms with van der Waals surface area (Å²) in [5, 5.41) is 3.80. The van der Waals surface area contributed by atoms with E-state index in [1.165, 1.54) is 0 Å². The first-order valence-electron chi connectivity index (χ1n) is 7.88. The molecule has 0 bridgehead atoms. The number of amides is 1. The Bertz CT molecular complexity index is 708. The highest BCUT2D eigenvalue weighted by Gasteiger charge is 2.44. The van der Waals surface area contributed by atoms with Crippen molar-refractivity contribution in [3.8, 4) is 0 Å². The van der Waals surface area contributed by atoms with Crippen molar-refractivity contribution in [3.63, 3.8) is 0 Å². The topological polar surface area (TPSA) is 81.6 Å². The Labute approximate surface area is 133 Å². The molecule has 2 aromatic heterocycles. The SMILES string of the molecule is Cc1noc(C[C@H]2C[C@@H]3CN(C(=O)c4occc4C)C[C@H]3O2)n1. The van der Waals surface area contributed by atoms with Crippen molar-refractivity contribution in [2.75, 3.05) is 13.1 Å². The van der Waals surface area contributed by atoms with Crippen LogP contribution in [0.3, 0.4) is 0 Å². The molecule has 7 heteroatoms. The van der Waals surface area contributed by atoms with E-state index >= 15 is 0 Å². The molecule has 23 heavy (non-hydrogen) atoms. The maximum absolute atomic E-state index is 12.5. The van der Waals surface area contributed by atoms with E-state index in [-0.39, 0.29) is 18.1 Å². The lowest BCUT2D eigenvalue weighted by Gasteiger charge is -2.18. The second-order valence-corrected chi connectivity index (χ2v) is 6.37. The molecule has 7 nitrogen and oxygen atoms in total. The lowest BCUT2D eigenvalue weighted by molar-refractivity contribution is 0.0324. The molecule has 1 amide bonds. The molecule has 2 aromatic rings. The number of nitrogens with zero attached hydrogens (tertiary/aromatic N) is 3. The fourth-order valence-corrected chi connectivity index (χ4v) is 3.51. The van der Waals surface area contributed by atoms with Crippen LogP contribution in [-0.2, 0) is 11.2 Å². The van der Waals surface area contributed by atoms with Crippen LogP contribution in [0.2, 0.25) is 0 Å². The van der Waals surface area contributed by atoms with E-state index in [9.17, 15) is 4.79 Å². The highest BCUT2D eigenvalue weighted by molar-refractivity contribution is 5.93. The minimum Gasteiger partial charge on any atom is -0.459 e. The Kier molecular flexibility index (Phi) is 3.45. The zero-order chi connectivity index (χ0) is 16.0. The molecule has 0 aromatic carbocycles. The lowest BCUT2D eigenvalue weighted by atomic mass is 10.0. The monoisotopic (exact) mass is 317 g/mol. The van der Waals surface area contributed by atoms with E-state index < -0.39 is 0 Å². The lowest BCUT2D eigenvalue weighted by Crippen LogP contribution is -2.31. The molecule has 2 aliphatic rings. The molecule has 0 radical (unpaired) electrons. The third-order valence-corrected chi connectivity index (χ3v) is 4.63. The molecule has 0 N–H and O–H groups in total. The molecule has 2 saturated heterocycles. The van der Waals surface area contributed by atoms with Gasteiger partial charge in [0.25, 0.3) is 5.91 Å². The van der Waals surface area contributed by atoms with Crippen molar-refractivity contribution >= 4 is 5.91 Å². The van der Waals surface area contributed by atoms with Crippen LogP contribution >= 0.6 is 0 Å². The van der Waals surface area contributed by atoms with E-state index in [1.54, 1.807) is 13.2 Å². The molecule has 0 saturated carbocycles. The van der Waals surface area contributed by atoms with E-state index in [1.807, 2.05) is 17.9 Å². The Morgan fingerprint density at radius 1 is 1.39 bits per heavy atom. The third-order valence-electron chi connectivity index (χ3n) is 4.63. The fraction of sp³-hybridized carbons (Fsp3) is 0.562. The van der Waals surface area contributed by atoms with Crippen LogP contribution in [0.4, 0.5) is 0 Å². The number of aryl methyl sites for hydroxylation is 2. The van der Waals surface area contributed by atoms with Crippen molar-refractivity contribution < 1.29 is 18.5 Å². The summed E-state index contributed by atoms with van der Waals surface area (Å²) in [4.78, 5) is 18.5. The first-order valence-corrected chi connectivity index (χ1v) is 7.88. The van der Waals surface area contributed by atoms with Gasteiger partial charge in [-0.05, 0) is 26.3 Å². The molecule has 0 aliphatic carbocycles. The molecular weight excluding hydrogens is 298 g/mol. The summed E-state index contributed by atoms with van der Waals surface area (Å²) in [6, 6.07) is 1.81. The summed E-state index contributed by atoms with van der Waals surface area (Å²) in [6.45, 7) is 5.01. The van der Waals surface area contributed by atoms with Gasteiger partial charge in [0.15, 0.2) is 11.6 Å².